The van der Waals surface area contributed by atoms with Crippen molar-refractivity contribution < 1.29 is 4.79 Å². The highest BCUT2D eigenvalue weighted by Gasteiger charge is 2.23. The van der Waals surface area contributed by atoms with E-state index in [0.717, 1.165) is 12.1 Å². The minimum atomic E-state index is -0.367. The molecule has 0 radical (unpaired) electrons. The molecule has 0 aliphatic heterocycles. The van der Waals surface area contributed by atoms with Crippen molar-refractivity contribution in [3.8, 4) is 0 Å². The minimum absolute atomic E-state index is 0.0248. The largest absolute Gasteiger partial charge is 0.320 e. The molecule has 1 aromatic carbocycles. The summed E-state index contributed by atoms with van der Waals surface area (Å²) in [5.41, 5.74) is 7.00. The third kappa shape index (κ3) is 3.80. The van der Waals surface area contributed by atoms with Crippen LogP contribution < -0.4 is 10.6 Å². The second-order valence-corrected chi connectivity index (χ2v) is 5.58. The smallest absolute Gasteiger partial charge is 0.243 e. The van der Waals surface area contributed by atoms with E-state index in [9.17, 15) is 4.79 Å². The van der Waals surface area contributed by atoms with E-state index in [1.165, 1.54) is 32.1 Å². The van der Waals surface area contributed by atoms with Crippen LogP contribution in [0.15, 0.2) is 30.3 Å². The number of rotatable bonds is 4. The third-order valence-corrected chi connectivity index (χ3v) is 4.10. The van der Waals surface area contributed by atoms with Crippen molar-refractivity contribution in [3.05, 3.63) is 30.3 Å². The molecule has 3 nitrogen and oxygen atoms in total. The predicted molar refractivity (Wildman–Crippen MR) is 79.0 cm³/mol. The molecule has 0 spiro atoms. The van der Waals surface area contributed by atoms with Crippen molar-refractivity contribution in [1.29, 1.82) is 0 Å². The Morgan fingerprint density at radius 2 is 1.89 bits per heavy atom. The molecule has 0 saturated heterocycles. The fraction of sp³-hybridized carbons (Fsp3) is 0.562. The van der Waals surface area contributed by atoms with Gasteiger partial charge in [0.25, 0.3) is 0 Å². The van der Waals surface area contributed by atoms with Crippen LogP contribution in [-0.2, 0) is 4.79 Å². The van der Waals surface area contributed by atoms with Gasteiger partial charge in [-0.2, -0.15) is 0 Å². The predicted octanol–water partition coefficient (Wildman–Crippen LogP) is 2.95. The maximum absolute atomic E-state index is 12.3. The molecule has 1 unspecified atom stereocenters. The Labute approximate surface area is 115 Å². The molecule has 0 bridgehead atoms. The second kappa shape index (κ2) is 6.71. The van der Waals surface area contributed by atoms with Gasteiger partial charge in [-0.05, 0) is 24.5 Å². The van der Waals surface area contributed by atoms with Crippen LogP contribution in [0.2, 0.25) is 0 Å². The standard InChI is InChI=1S/C16H24N2O/c1-18(14-10-6-3-7-11-14)16(19)15(17)12-13-8-4-2-5-9-13/h3,6-7,10-11,13,15H,2,4-5,8-9,12,17H2,1H3. The number of hydrogen-bond donors (Lipinski definition) is 1. The number of para-hydroxylation sites is 1. The molecule has 1 aromatic rings. The number of benzene rings is 1. The normalized spacial score (nSPS) is 18.0. The number of hydrogen-bond acceptors (Lipinski definition) is 2. The number of nitrogens with zero attached hydrogens (tertiary/aromatic N) is 1. The Bertz CT molecular complexity index is 398. The molecule has 2 N–H and O–H groups in total. The van der Waals surface area contributed by atoms with Crippen molar-refractivity contribution >= 4 is 11.6 Å². The van der Waals surface area contributed by atoms with Crippen molar-refractivity contribution in [2.24, 2.45) is 11.7 Å². The molecular weight excluding hydrogens is 236 g/mol. The zero-order valence-corrected chi connectivity index (χ0v) is 11.7. The molecule has 1 atom stereocenters. The lowest BCUT2D eigenvalue weighted by Crippen LogP contribution is -2.43. The van der Waals surface area contributed by atoms with Crippen LogP contribution >= 0.6 is 0 Å². The van der Waals surface area contributed by atoms with Gasteiger partial charge in [0.05, 0.1) is 6.04 Å². The van der Waals surface area contributed by atoms with E-state index >= 15 is 0 Å². The van der Waals surface area contributed by atoms with E-state index in [-0.39, 0.29) is 11.9 Å². The van der Waals surface area contributed by atoms with E-state index in [1.54, 1.807) is 11.9 Å². The van der Waals surface area contributed by atoms with Gasteiger partial charge in [0.2, 0.25) is 5.91 Å². The number of nitrogens with two attached hydrogens (primary N) is 1. The van der Waals surface area contributed by atoms with Crippen LogP contribution in [0, 0.1) is 5.92 Å². The number of carbonyl (C=O) groups excluding carboxylic acids is 1. The van der Waals surface area contributed by atoms with Crippen LogP contribution in [0.1, 0.15) is 38.5 Å². The fourth-order valence-electron chi connectivity index (χ4n) is 2.91. The van der Waals surface area contributed by atoms with Crippen LogP contribution in [0.25, 0.3) is 0 Å². The Hall–Kier alpha value is -1.35. The SMILES string of the molecule is CN(C(=O)C(N)CC1CCCCC1)c1ccccc1. The Kier molecular flexibility index (Phi) is 4.97. The lowest BCUT2D eigenvalue weighted by molar-refractivity contribution is -0.120. The van der Waals surface area contributed by atoms with Gasteiger partial charge in [0, 0.05) is 12.7 Å². The summed E-state index contributed by atoms with van der Waals surface area (Å²) >= 11 is 0. The van der Waals surface area contributed by atoms with Crippen molar-refractivity contribution in [3.63, 3.8) is 0 Å². The molecule has 1 fully saturated rings. The highest BCUT2D eigenvalue weighted by Crippen LogP contribution is 2.27. The van der Waals surface area contributed by atoms with Gasteiger partial charge in [0.15, 0.2) is 0 Å². The molecule has 1 saturated carbocycles. The molecule has 0 aromatic heterocycles. The minimum Gasteiger partial charge on any atom is -0.320 e. The highest BCUT2D eigenvalue weighted by atomic mass is 16.2. The molecule has 1 amide bonds. The first-order chi connectivity index (χ1) is 9.18. The summed E-state index contributed by atoms with van der Waals surface area (Å²) in [6.07, 6.45) is 7.21. The van der Waals surface area contributed by atoms with E-state index < -0.39 is 0 Å². The average Bonchev–Trinajstić information content (AvgIpc) is 2.47. The van der Waals surface area contributed by atoms with Gasteiger partial charge in [-0.25, -0.2) is 0 Å². The van der Waals surface area contributed by atoms with Gasteiger partial charge in [0.1, 0.15) is 0 Å². The van der Waals surface area contributed by atoms with Crippen LogP contribution in [0.4, 0.5) is 5.69 Å². The molecule has 0 heterocycles. The zero-order valence-electron chi connectivity index (χ0n) is 11.7. The summed E-state index contributed by atoms with van der Waals surface area (Å²) in [5.74, 6) is 0.661. The van der Waals surface area contributed by atoms with Crippen molar-refractivity contribution in [2.75, 3.05) is 11.9 Å². The summed E-state index contributed by atoms with van der Waals surface area (Å²) < 4.78 is 0. The number of carbonyl (C=O) groups is 1. The van der Waals surface area contributed by atoms with E-state index in [4.69, 9.17) is 5.73 Å². The van der Waals surface area contributed by atoms with Crippen molar-refractivity contribution in [1.82, 2.24) is 0 Å². The fourth-order valence-corrected chi connectivity index (χ4v) is 2.91. The molecule has 1 aliphatic carbocycles. The average molecular weight is 260 g/mol. The molecular formula is C16H24N2O. The molecule has 1 aliphatic rings. The van der Waals surface area contributed by atoms with Gasteiger partial charge >= 0.3 is 0 Å². The summed E-state index contributed by atoms with van der Waals surface area (Å²) in [4.78, 5) is 14.0. The quantitative estimate of drug-likeness (QED) is 0.904. The Morgan fingerprint density at radius 1 is 1.26 bits per heavy atom. The summed E-state index contributed by atoms with van der Waals surface area (Å²) in [5, 5.41) is 0. The van der Waals surface area contributed by atoms with Gasteiger partial charge in [-0.15, -0.1) is 0 Å². The van der Waals surface area contributed by atoms with Gasteiger partial charge in [-0.1, -0.05) is 50.3 Å². The van der Waals surface area contributed by atoms with Crippen LogP contribution in [-0.4, -0.2) is 19.0 Å². The van der Waals surface area contributed by atoms with Gasteiger partial charge in [-0.3, -0.25) is 4.79 Å². The van der Waals surface area contributed by atoms with E-state index in [1.807, 2.05) is 30.3 Å². The zero-order chi connectivity index (χ0) is 13.7. The van der Waals surface area contributed by atoms with E-state index in [2.05, 4.69) is 0 Å². The lowest BCUT2D eigenvalue weighted by atomic mass is 9.85. The number of likely N-dealkylation sites (N-methyl/N-ethyl adjacent to an activating group) is 1. The van der Waals surface area contributed by atoms with Gasteiger partial charge < -0.3 is 10.6 Å². The maximum Gasteiger partial charge on any atom is 0.243 e. The summed E-state index contributed by atoms with van der Waals surface area (Å²) in [6, 6.07) is 9.32. The Balaban J connectivity index is 1.91. The highest BCUT2D eigenvalue weighted by molar-refractivity contribution is 5.96. The van der Waals surface area contributed by atoms with Crippen molar-refractivity contribution in [2.45, 2.75) is 44.6 Å². The maximum atomic E-state index is 12.3. The molecule has 19 heavy (non-hydrogen) atoms. The summed E-state index contributed by atoms with van der Waals surface area (Å²) in [6.45, 7) is 0. The first-order valence-corrected chi connectivity index (χ1v) is 7.26. The molecule has 3 heteroatoms. The van der Waals surface area contributed by atoms with E-state index in [0.29, 0.717) is 5.92 Å². The Morgan fingerprint density at radius 3 is 2.53 bits per heavy atom. The van der Waals surface area contributed by atoms with Crippen LogP contribution in [0.5, 0.6) is 0 Å². The molecule has 2 rings (SSSR count). The summed E-state index contributed by atoms with van der Waals surface area (Å²) in [7, 11) is 1.80. The number of amides is 1. The van der Waals surface area contributed by atoms with Crippen LogP contribution in [0.3, 0.4) is 0 Å². The topological polar surface area (TPSA) is 46.3 Å². The lowest BCUT2D eigenvalue weighted by Gasteiger charge is -2.26. The number of anilines is 1. The first kappa shape index (κ1) is 14.1. The molecule has 104 valence electrons. The second-order valence-electron chi connectivity index (χ2n) is 5.58. The monoisotopic (exact) mass is 260 g/mol. The first-order valence-electron chi connectivity index (χ1n) is 7.26. The third-order valence-electron chi connectivity index (χ3n) is 4.10.